The lowest BCUT2D eigenvalue weighted by atomic mass is 10.0. The van der Waals surface area contributed by atoms with Gasteiger partial charge in [0.15, 0.2) is 0 Å². The van der Waals surface area contributed by atoms with Crippen LogP contribution in [0, 0.1) is 0 Å². The quantitative estimate of drug-likeness (QED) is 0.849. The van der Waals surface area contributed by atoms with Gasteiger partial charge in [-0.1, -0.05) is 25.5 Å². The van der Waals surface area contributed by atoms with Gasteiger partial charge in [0.05, 0.1) is 7.11 Å². The number of rotatable bonds is 6. The van der Waals surface area contributed by atoms with Crippen LogP contribution in [0.15, 0.2) is 24.3 Å². The second-order valence-corrected chi connectivity index (χ2v) is 6.54. The van der Waals surface area contributed by atoms with Crippen molar-refractivity contribution in [3.8, 4) is 5.75 Å². The lowest BCUT2D eigenvalue weighted by Gasteiger charge is -2.25. The van der Waals surface area contributed by atoms with E-state index >= 15 is 0 Å². The second-order valence-electron chi connectivity index (χ2n) is 5.13. The molecule has 1 N–H and O–H groups in total. The number of benzene rings is 1. The molecule has 0 amide bonds. The Morgan fingerprint density at radius 3 is 2.68 bits per heavy atom. The molecule has 2 atom stereocenters. The van der Waals surface area contributed by atoms with Gasteiger partial charge in [-0.05, 0) is 42.7 Å². The van der Waals surface area contributed by atoms with Crippen LogP contribution in [-0.2, 0) is 0 Å². The Bertz CT molecular complexity index is 360. The molecule has 1 heterocycles. The maximum atomic E-state index is 5.21. The summed E-state index contributed by atoms with van der Waals surface area (Å²) in [5.41, 5.74) is 1.36. The summed E-state index contributed by atoms with van der Waals surface area (Å²) >= 11 is 2.13. The highest BCUT2D eigenvalue weighted by Gasteiger charge is 2.16. The van der Waals surface area contributed by atoms with Crippen molar-refractivity contribution in [3.05, 3.63) is 29.8 Å². The molecule has 1 aliphatic heterocycles. The fourth-order valence-electron chi connectivity index (χ4n) is 2.58. The summed E-state index contributed by atoms with van der Waals surface area (Å²) in [6.07, 6.45) is 5.30. The minimum Gasteiger partial charge on any atom is -0.497 e. The van der Waals surface area contributed by atoms with Crippen molar-refractivity contribution in [2.45, 2.75) is 43.9 Å². The highest BCUT2D eigenvalue weighted by molar-refractivity contribution is 7.99. The van der Waals surface area contributed by atoms with Gasteiger partial charge in [-0.3, -0.25) is 0 Å². The SMILES string of the molecule is CCC(NCC1CCCCS1)c1ccc(OC)cc1. The maximum Gasteiger partial charge on any atom is 0.118 e. The van der Waals surface area contributed by atoms with Crippen LogP contribution < -0.4 is 10.1 Å². The Morgan fingerprint density at radius 1 is 1.32 bits per heavy atom. The Hall–Kier alpha value is -0.670. The highest BCUT2D eigenvalue weighted by atomic mass is 32.2. The van der Waals surface area contributed by atoms with Crippen molar-refractivity contribution in [1.29, 1.82) is 0 Å². The molecule has 1 aromatic rings. The molecule has 0 saturated carbocycles. The van der Waals surface area contributed by atoms with Crippen LogP contribution >= 0.6 is 11.8 Å². The van der Waals surface area contributed by atoms with E-state index in [-0.39, 0.29) is 0 Å². The molecule has 0 aliphatic carbocycles. The first-order valence-electron chi connectivity index (χ1n) is 7.32. The standard InChI is InChI=1S/C16H25NOS/c1-3-16(13-7-9-14(18-2)10-8-13)17-12-15-6-4-5-11-19-15/h7-10,15-17H,3-6,11-12H2,1-2H3. The van der Waals surface area contributed by atoms with Gasteiger partial charge in [0.25, 0.3) is 0 Å². The molecule has 2 unspecified atom stereocenters. The van der Waals surface area contributed by atoms with Crippen molar-refractivity contribution in [3.63, 3.8) is 0 Å². The van der Waals surface area contributed by atoms with E-state index in [1.807, 2.05) is 0 Å². The van der Waals surface area contributed by atoms with E-state index in [4.69, 9.17) is 4.74 Å². The molecule has 1 fully saturated rings. The summed E-state index contributed by atoms with van der Waals surface area (Å²) in [5.74, 6) is 2.27. The van der Waals surface area contributed by atoms with Crippen LogP contribution in [0.1, 0.15) is 44.2 Å². The Labute approximate surface area is 121 Å². The normalized spacial score (nSPS) is 21.1. The topological polar surface area (TPSA) is 21.3 Å². The first-order chi connectivity index (χ1) is 9.33. The first-order valence-corrected chi connectivity index (χ1v) is 8.37. The van der Waals surface area contributed by atoms with Gasteiger partial charge in [0.1, 0.15) is 5.75 Å². The van der Waals surface area contributed by atoms with Gasteiger partial charge in [-0.15, -0.1) is 0 Å². The fraction of sp³-hybridized carbons (Fsp3) is 0.625. The van der Waals surface area contributed by atoms with Gasteiger partial charge in [-0.25, -0.2) is 0 Å². The van der Waals surface area contributed by atoms with Crippen molar-refractivity contribution >= 4 is 11.8 Å². The molecular formula is C16H25NOS. The molecule has 0 bridgehead atoms. The fourth-order valence-corrected chi connectivity index (χ4v) is 3.83. The molecule has 0 aromatic heterocycles. The summed E-state index contributed by atoms with van der Waals surface area (Å²) in [6.45, 7) is 3.38. The molecule has 1 aromatic carbocycles. The Kier molecular flexibility index (Phi) is 6.05. The van der Waals surface area contributed by atoms with E-state index in [1.54, 1.807) is 7.11 Å². The molecule has 2 rings (SSSR count). The minimum absolute atomic E-state index is 0.466. The van der Waals surface area contributed by atoms with E-state index in [2.05, 4.69) is 48.3 Å². The van der Waals surface area contributed by atoms with Crippen LogP contribution in [0.4, 0.5) is 0 Å². The second kappa shape index (κ2) is 7.81. The molecule has 106 valence electrons. The zero-order valence-corrected chi connectivity index (χ0v) is 12.8. The average Bonchev–Trinajstić information content (AvgIpc) is 2.49. The minimum atomic E-state index is 0.466. The highest BCUT2D eigenvalue weighted by Crippen LogP contribution is 2.26. The van der Waals surface area contributed by atoms with Gasteiger partial charge in [0, 0.05) is 17.8 Å². The molecule has 2 nitrogen and oxygen atoms in total. The smallest absolute Gasteiger partial charge is 0.118 e. The van der Waals surface area contributed by atoms with E-state index < -0.39 is 0 Å². The number of thioether (sulfide) groups is 1. The third-order valence-electron chi connectivity index (χ3n) is 3.79. The van der Waals surface area contributed by atoms with Crippen LogP contribution in [0.2, 0.25) is 0 Å². The average molecular weight is 279 g/mol. The third-order valence-corrected chi connectivity index (χ3v) is 5.19. The number of hydrogen-bond donors (Lipinski definition) is 1. The van der Waals surface area contributed by atoms with Gasteiger partial charge in [0.2, 0.25) is 0 Å². The van der Waals surface area contributed by atoms with E-state index in [0.717, 1.165) is 24.0 Å². The van der Waals surface area contributed by atoms with Crippen LogP contribution in [-0.4, -0.2) is 24.7 Å². The maximum absolute atomic E-state index is 5.21. The summed E-state index contributed by atoms with van der Waals surface area (Å²) < 4.78 is 5.21. The van der Waals surface area contributed by atoms with Crippen LogP contribution in [0.5, 0.6) is 5.75 Å². The predicted octanol–water partition coefficient (Wildman–Crippen LogP) is 4.02. The lowest BCUT2D eigenvalue weighted by molar-refractivity contribution is 0.414. The first kappa shape index (κ1) is 14.7. The third kappa shape index (κ3) is 4.43. The molecule has 19 heavy (non-hydrogen) atoms. The molecule has 0 radical (unpaired) electrons. The van der Waals surface area contributed by atoms with Gasteiger partial charge < -0.3 is 10.1 Å². The molecule has 0 spiro atoms. The van der Waals surface area contributed by atoms with Gasteiger partial charge >= 0.3 is 0 Å². The van der Waals surface area contributed by atoms with Crippen molar-refractivity contribution < 1.29 is 4.74 Å². The molecule has 1 aliphatic rings. The molecular weight excluding hydrogens is 254 g/mol. The zero-order valence-electron chi connectivity index (χ0n) is 12.0. The van der Waals surface area contributed by atoms with Crippen LogP contribution in [0.25, 0.3) is 0 Å². The van der Waals surface area contributed by atoms with Crippen molar-refractivity contribution in [1.82, 2.24) is 5.32 Å². The van der Waals surface area contributed by atoms with Crippen molar-refractivity contribution in [2.75, 3.05) is 19.4 Å². The summed E-state index contributed by atoms with van der Waals surface area (Å²) in [6, 6.07) is 8.92. The molecule has 1 saturated heterocycles. The van der Waals surface area contributed by atoms with E-state index in [0.29, 0.717) is 6.04 Å². The summed E-state index contributed by atoms with van der Waals surface area (Å²) in [4.78, 5) is 0. The largest absolute Gasteiger partial charge is 0.497 e. The number of hydrogen-bond acceptors (Lipinski definition) is 3. The Balaban J connectivity index is 1.87. The number of ether oxygens (including phenoxy) is 1. The van der Waals surface area contributed by atoms with Crippen molar-refractivity contribution in [2.24, 2.45) is 0 Å². The van der Waals surface area contributed by atoms with E-state index in [9.17, 15) is 0 Å². The van der Waals surface area contributed by atoms with E-state index in [1.165, 1.54) is 30.6 Å². The summed E-state index contributed by atoms with van der Waals surface area (Å²) in [7, 11) is 1.71. The zero-order chi connectivity index (χ0) is 13.5. The number of nitrogens with one attached hydrogen (secondary N) is 1. The monoisotopic (exact) mass is 279 g/mol. The Morgan fingerprint density at radius 2 is 2.11 bits per heavy atom. The van der Waals surface area contributed by atoms with Gasteiger partial charge in [-0.2, -0.15) is 11.8 Å². The number of methoxy groups -OCH3 is 1. The lowest BCUT2D eigenvalue weighted by Crippen LogP contribution is -2.30. The molecule has 3 heteroatoms. The predicted molar refractivity (Wildman–Crippen MR) is 84.1 cm³/mol. The summed E-state index contributed by atoms with van der Waals surface area (Å²) in [5, 5.41) is 4.54. The van der Waals surface area contributed by atoms with Crippen LogP contribution in [0.3, 0.4) is 0 Å².